The van der Waals surface area contributed by atoms with Crippen LogP contribution in [0.5, 0.6) is 11.5 Å². The minimum absolute atomic E-state index is 0.0987. The molecule has 0 saturated heterocycles. The smallest absolute Gasteiger partial charge is 0.323 e. The van der Waals surface area contributed by atoms with Crippen LogP contribution in [-0.2, 0) is 31.9 Å². The molecule has 0 fully saturated rings. The summed E-state index contributed by atoms with van der Waals surface area (Å²) in [6, 6.07) is 11.7. The summed E-state index contributed by atoms with van der Waals surface area (Å²) in [6.45, 7) is 14.2. The molecule has 2 atom stereocenters. The van der Waals surface area contributed by atoms with Gasteiger partial charge in [0.05, 0.1) is 31.4 Å². The first kappa shape index (κ1) is 35.3. The number of carbonyl (C=O) groups excluding carboxylic acids is 2. The number of hydrogen-bond acceptors (Lipinski definition) is 10. The predicted molar refractivity (Wildman–Crippen MR) is 157 cm³/mol. The summed E-state index contributed by atoms with van der Waals surface area (Å²) in [6.07, 6.45) is 0.943. The number of benzene rings is 2. The summed E-state index contributed by atoms with van der Waals surface area (Å²) in [5.74, 6) is 0.522. The molecule has 0 aliphatic rings. The van der Waals surface area contributed by atoms with E-state index in [1.165, 1.54) is 6.07 Å². The Morgan fingerprint density at radius 2 is 1.22 bits per heavy atom. The minimum Gasteiger partial charge on any atom is -0.494 e. The molecule has 0 heterocycles. The maximum atomic E-state index is 11.9. The van der Waals surface area contributed by atoms with E-state index >= 15 is 0 Å². The molecule has 2 N–H and O–H groups in total. The quantitative estimate of drug-likeness (QED) is 0.160. The molecular formula is C30H45N3O8. The van der Waals surface area contributed by atoms with Gasteiger partial charge in [-0.1, -0.05) is 32.0 Å². The van der Waals surface area contributed by atoms with Crippen molar-refractivity contribution in [1.29, 1.82) is 0 Å². The number of ether oxygens (including phenoxy) is 4. The van der Waals surface area contributed by atoms with Gasteiger partial charge in [-0.05, 0) is 83.0 Å². The molecule has 41 heavy (non-hydrogen) atoms. The van der Waals surface area contributed by atoms with Crippen molar-refractivity contribution in [2.45, 2.75) is 66.5 Å². The minimum atomic E-state index is -0.525. The van der Waals surface area contributed by atoms with Crippen molar-refractivity contribution in [3.63, 3.8) is 0 Å². The lowest BCUT2D eigenvalue weighted by molar-refractivity contribution is -0.385. The van der Waals surface area contributed by atoms with Crippen molar-refractivity contribution in [3.05, 3.63) is 63.7 Å². The van der Waals surface area contributed by atoms with Gasteiger partial charge in [0.1, 0.15) is 17.8 Å². The van der Waals surface area contributed by atoms with Crippen LogP contribution in [0.3, 0.4) is 0 Å². The number of nitro benzene ring substituents is 1. The zero-order valence-corrected chi connectivity index (χ0v) is 25.1. The van der Waals surface area contributed by atoms with Crippen LogP contribution < -0.4 is 20.1 Å². The van der Waals surface area contributed by atoms with Crippen LogP contribution in [0.4, 0.5) is 5.69 Å². The van der Waals surface area contributed by atoms with E-state index in [1.807, 2.05) is 52.0 Å². The van der Waals surface area contributed by atoms with Crippen molar-refractivity contribution >= 4 is 17.6 Å². The lowest BCUT2D eigenvalue weighted by Gasteiger charge is -2.16. The number of hydrogen-bond donors (Lipinski definition) is 2. The average Bonchev–Trinajstić information content (AvgIpc) is 2.95. The Morgan fingerprint density at radius 1 is 0.732 bits per heavy atom. The number of carbonyl (C=O) groups is 2. The SMILES string of the molecule is CCNC(Cc1ccc(OCC)c([N+](=O)[O-])c1)C(=O)OCC.CCNC(Cc1ccc(OCC)cc1)C(=O)OCC. The van der Waals surface area contributed by atoms with Gasteiger partial charge >= 0.3 is 17.6 Å². The van der Waals surface area contributed by atoms with Crippen molar-refractivity contribution in [3.8, 4) is 11.5 Å². The van der Waals surface area contributed by atoms with E-state index in [4.69, 9.17) is 18.9 Å². The van der Waals surface area contributed by atoms with Crippen molar-refractivity contribution in [2.75, 3.05) is 39.5 Å². The van der Waals surface area contributed by atoms with Crippen LogP contribution in [0.2, 0.25) is 0 Å². The lowest BCUT2D eigenvalue weighted by atomic mass is 10.0. The number of esters is 2. The zero-order valence-electron chi connectivity index (χ0n) is 25.1. The zero-order chi connectivity index (χ0) is 30.6. The van der Waals surface area contributed by atoms with Gasteiger partial charge in [0.15, 0.2) is 5.75 Å². The monoisotopic (exact) mass is 575 g/mol. The van der Waals surface area contributed by atoms with E-state index < -0.39 is 11.0 Å². The van der Waals surface area contributed by atoms with Gasteiger partial charge in [0.2, 0.25) is 0 Å². The fourth-order valence-electron chi connectivity index (χ4n) is 3.93. The Morgan fingerprint density at radius 3 is 1.66 bits per heavy atom. The van der Waals surface area contributed by atoms with E-state index in [2.05, 4.69) is 10.6 Å². The molecule has 0 aliphatic heterocycles. The Balaban J connectivity index is 0.000000414. The van der Waals surface area contributed by atoms with Gasteiger partial charge in [-0.2, -0.15) is 0 Å². The number of likely N-dealkylation sites (N-methyl/N-ethyl adjacent to an activating group) is 2. The summed E-state index contributed by atoms with van der Waals surface area (Å²) in [7, 11) is 0. The van der Waals surface area contributed by atoms with Gasteiger partial charge in [-0.15, -0.1) is 0 Å². The van der Waals surface area contributed by atoms with Gasteiger partial charge in [0.25, 0.3) is 0 Å². The molecule has 11 heteroatoms. The van der Waals surface area contributed by atoms with Gasteiger partial charge in [-0.25, -0.2) is 0 Å². The highest BCUT2D eigenvalue weighted by molar-refractivity contribution is 5.76. The molecule has 0 aromatic heterocycles. The highest BCUT2D eigenvalue weighted by atomic mass is 16.6. The molecule has 2 aromatic rings. The largest absolute Gasteiger partial charge is 0.494 e. The Labute approximate surface area is 243 Å². The Bertz CT molecular complexity index is 1060. The second-order valence-electron chi connectivity index (χ2n) is 8.70. The first-order valence-electron chi connectivity index (χ1n) is 14.2. The van der Waals surface area contributed by atoms with Gasteiger partial charge in [0, 0.05) is 6.07 Å². The lowest BCUT2D eigenvalue weighted by Crippen LogP contribution is -2.39. The third kappa shape index (κ3) is 13.0. The summed E-state index contributed by atoms with van der Waals surface area (Å²) in [5.41, 5.74) is 1.66. The maximum Gasteiger partial charge on any atom is 0.323 e. The van der Waals surface area contributed by atoms with Crippen LogP contribution >= 0.6 is 0 Å². The molecule has 11 nitrogen and oxygen atoms in total. The van der Waals surface area contributed by atoms with Crippen LogP contribution in [0.25, 0.3) is 0 Å². The van der Waals surface area contributed by atoms with E-state index in [9.17, 15) is 19.7 Å². The molecule has 0 saturated carbocycles. The Kier molecular flexibility index (Phi) is 17.4. The van der Waals surface area contributed by atoms with E-state index in [-0.39, 0.29) is 29.4 Å². The van der Waals surface area contributed by atoms with Gasteiger partial charge < -0.3 is 29.6 Å². The Hall–Kier alpha value is -3.70. The molecule has 0 spiro atoms. The van der Waals surface area contributed by atoms with Gasteiger partial charge in [-0.3, -0.25) is 19.7 Å². The van der Waals surface area contributed by atoms with Crippen LogP contribution in [0.15, 0.2) is 42.5 Å². The predicted octanol–water partition coefficient (Wildman–Crippen LogP) is 4.25. The van der Waals surface area contributed by atoms with Crippen molar-refractivity contribution < 1.29 is 33.5 Å². The third-order valence-electron chi connectivity index (χ3n) is 5.68. The number of nitrogens with one attached hydrogen (secondary N) is 2. The second kappa shape index (κ2) is 20.2. The van der Waals surface area contributed by atoms with Crippen molar-refractivity contribution in [1.82, 2.24) is 10.6 Å². The molecule has 0 aliphatic carbocycles. The molecule has 0 radical (unpaired) electrons. The molecule has 0 bridgehead atoms. The molecule has 228 valence electrons. The fraction of sp³-hybridized carbons (Fsp3) is 0.533. The summed E-state index contributed by atoms with van der Waals surface area (Å²) in [5, 5.41) is 17.3. The maximum absolute atomic E-state index is 11.9. The van der Waals surface area contributed by atoms with E-state index in [1.54, 1.807) is 26.0 Å². The number of nitrogens with zero attached hydrogens (tertiary/aromatic N) is 1. The van der Waals surface area contributed by atoms with E-state index in [0.717, 1.165) is 17.9 Å². The second-order valence-corrected chi connectivity index (χ2v) is 8.70. The fourth-order valence-corrected chi connectivity index (χ4v) is 3.93. The summed E-state index contributed by atoms with van der Waals surface area (Å²) < 4.78 is 20.7. The average molecular weight is 576 g/mol. The highest BCUT2D eigenvalue weighted by Crippen LogP contribution is 2.28. The van der Waals surface area contributed by atoms with Crippen LogP contribution in [0, 0.1) is 10.1 Å². The first-order valence-corrected chi connectivity index (χ1v) is 14.2. The normalized spacial score (nSPS) is 11.9. The van der Waals surface area contributed by atoms with Crippen LogP contribution in [0.1, 0.15) is 52.7 Å². The van der Waals surface area contributed by atoms with E-state index in [0.29, 0.717) is 51.4 Å². The highest BCUT2D eigenvalue weighted by Gasteiger charge is 2.22. The molecule has 2 rings (SSSR count). The number of nitro groups is 1. The summed E-state index contributed by atoms with van der Waals surface area (Å²) >= 11 is 0. The molecule has 0 amide bonds. The van der Waals surface area contributed by atoms with Crippen LogP contribution in [-0.4, -0.2) is 68.5 Å². The molecule has 2 aromatic carbocycles. The molecular weight excluding hydrogens is 530 g/mol. The summed E-state index contributed by atoms with van der Waals surface area (Å²) in [4.78, 5) is 34.3. The van der Waals surface area contributed by atoms with Crippen molar-refractivity contribution in [2.24, 2.45) is 0 Å². The standard InChI is InChI=1S/C15H22N2O5.C15H23NO3/c1-4-16-12(15(18)22-6-3)9-11-7-8-14(21-5-2)13(10-11)17(19)20;1-4-16-14(15(17)19-6-3)11-12-7-9-13(10-8-12)18-5-2/h7-8,10,12,16H,4-6,9H2,1-3H3;7-10,14,16H,4-6,11H2,1-3H3. The molecule has 2 unspecified atom stereocenters. The third-order valence-corrected chi connectivity index (χ3v) is 5.68. The first-order chi connectivity index (χ1) is 19.7. The number of rotatable bonds is 17. The topological polar surface area (TPSA) is 138 Å².